The third-order valence-electron chi connectivity index (χ3n) is 1.90. The highest BCUT2D eigenvalue weighted by atomic mass is 35.5. The van der Waals surface area contributed by atoms with Crippen LogP contribution in [0.1, 0.15) is 40.0 Å². The number of halogens is 1. The van der Waals surface area contributed by atoms with Gasteiger partial charge in [-0.2, -0.15) is 0 Å². The first-order valence-corrected chi connectivity index (χ1v) is 3.75. The normalized spacial score (nSPS) is 12.0. The van der Waals surface area contributed by atoms with E-state index in [0.29, 0.717) is 0 Å². The Morgan fingerprint density at radius 3 is 1.25 bits per heavy atom. The highest BCUT2D eigenvalue weighted by Crippen LogP contribution is 2.26. The van der Waals surface area contributed by atoms with Gasteiger partial charge in [0.15, 0.2) is 0 Å². The molecular weight excluding hydrogens is 120 g/mol. The molecule has 0 radical (unpaired) electrons. The Morgan fingerprint density at radius 2 is 1.25 bits per heavy atom. The van der Waals surface area contributed by atoms with Crippen molar-refractivity contribution in [3.63, 3.8) is 0 Å². The van der Waals surface area contributed by atoms with Gasteiger partial charge in [-0.1, -0.05) is 20.8 Å². The molecule has 0 spiro atoms. The predicted molar refractivity (Wildman–Crippen MR) is 39.5 cm³/mol. The van der Waals surface area contributed by atoms with Crippen LogP contribution in [0.15, 0.2) is 0 Å². The Bertz CT molecular complexity index is 47.1. The highest BCUT2D eigenvalue weighted by Gasteiger charge is 2.18. The fraction of sp³-hybridized carbons (Fsp3) is 1.00. The maximum Gasteiger partial charge on any atom is 0.0439 e. The van der Waals surface area contributed by atoms with Gasteiger partial charge in [-0.25, -0.2) is 0 Å². The molecule has 0 aromatic carbocycles. The molecule has 0 nitrogen and oxygen atoms in total. The van der Waals surface area contributed by atoms with Crippen LogP contribution in [-0.2, 0) is 0 Å². The molecule has 0 aliphatic rings. The maximum absolute atomic E-state index is 6.09. The summed E-state index contributed by atoms with van der Waals surface area (Å²) >= 11 is 6.09. The van der Waals surface area contributed by atoms with E-state index in [1.807, 2.05) is 0 Å². The minimum Gasteiger partial charge on any atom is -0.119 e. The molecule has 0 aromatic heterocycles. The molecule has 0 aliphatic heterocycles. The van der Waals surface area contributed by atoms with Crippen molar-refractivity contribution in [3.05, 3.63) is 0 Å². The number of hydrogen-bond acceptors (Lipinski definition) is 0. The van der Waals surface area contributed by atoms with E-state index in [9.17, 15) is 0 Å². The summed E-state index contributed by atoms with van der Waals surface area (Å²) in [6.07, 6.45) is 3.25. The molecular formula is C7H15Cl. The third kappa shape index (κ3) is 2.04. The molecule has 0 saturated heterocycles. The predicted octanol–water partition coefficient (Wildman–Crippen LogP) is 3.19. The monoisotopic (exact) mass is 134 g/mol. The first kappa shape index (κ1) is 8.29. The molecule has 1 heteroatoms. The fourth-order valence-corrected chi connectivity index (χ4v) is 0.750. The minimum atomic E-state index is 0.0972. The lowest BCUT2D eigenvalue weighted by molar-refractivity contribution is 0.519. The quantitative estimate of drug-likeness (QED) is 0.520. The van der Waals surface area contributed by atoms with Crippen LogP contribution in [0.25, 0.3) is 0 Å². The molecule has 0 saturated carbocycles. The van der Waals surface area contributed by atoms with Crippen molar-refractivity contribution in [1.82, 2.24) is 0 Å². The van der Waals surface area contributed by atoms with Gasteiger partial charge in [0.1, 0.15) is 0 Å². The van der Waals surface area contributed by atoms with Gasteiger partial charge in [-0.15, -0.1) is 11.6 Å². The van der Waals surface area contributed by atoms with Crippen LogP contribution in [0.2, 0.25) is 0 Å². The first-order chi connectivity index (χ1) is 3.68. The Hall–Kier alpha value is 0.290. The van der Waals surface area contributed by atoms with E-state index < -0.39 is 0 Å². The lowest BCUT2D eigenvalue weighted by Crippen LogP contribution is -2.16. The average molecular weight is 135 g/mol. The highest BCUT2D eigenvalue weighted by molar-refractivity contribution is 6.23. The zero-order valence-corrected chi connectivity index (χ0v) is 6.76. The van der Waals surface area contributed by atoms with Gasteiger partial charge in [0.2, 0.25) is 0 Å². The molecule has 0 fully saturated rings. The van der Waals surface area contributed by atoms with Crippen molar-refractivity contribution in [2.24, 2.45) is 0 Å². The largest absolute Gasteiger partial charge is 0.119 e. The Balaban J connectivity index is 3.58. The van der Waals surface area contributed by atoms with E-state index in [1.54, 1.807) is 0 Å². The van der Waals surface area contributed by atoms with E-state index in [-0.39, 0.29) is 4.87 Å². The standard InChI is InChI=1S/C7H15Cl/c1-4-7(8,5-2)6-3/h4-6H2,1-3H3. The lowest BCUT2D eigenvalue weighted by atomic mass is 10.00. The second-order valence-electron chi connectivity index (χ2n) is 2.21. The van der Waals surface area contributed by atoms with Crippen LogP contribution in [0.3, 0.4) is 0 Å². The Morgan fingerprint density at radius 1 is 1.00 bits per heavy atom. The van der Waals surface area contributed by atoms with Crippen LogP contribution in [0.4, 0.5) is 0 Å². The summed E-state index contributed by atoms with van der Waals surface area (Å²) in [4.78, 5) is 0.0972. The average Bonchev–Trinajstić information content (AvgIpc) is 1.87. The lowest BCUT2D eigenvalue weighted by Gasteiger charge is -2.20. The summed E-state index contributed by atoms with van der Waals surface area (Å²) in [5.74, 6) is 0. The molecule has 0 amide bonds. The second-order valence-corrected chi connectivity index (χ2v) is 3.01. The van der Waals surface area contributed by atoms with Crippen LogP contribution in [-0.4, -0.2) is 4.87 Å². The van der Waals surface area contributed by atoms with Crippen LogP contribution < -0.4 is 0 Å². The molecule has 50 valence electrons. The zero-order chi connectivity index (χ0) is 6.62. The summed E-state index contributed by atoms with van der Waals surface area (Å²) in [7, 11) is 0. The topological polar surface area (TPSA) is 0 Å². The number of rotatable bonds is 3. The Kier molecular flexibility index (Phi) is 3.46. The maximum atomic E-state index is 6.09. The SMILES string of the molecule is CCC(Cl)(CC)CC. The van der Waals surface area contributed by atoms with Crippen molar-refractivity contribution >= 4 is 11.6 Å². The summed E-state index contributed by atoms with van der Waals surface area (Å²) in [6.45, 7) is 6.42. The first-order valence-electron chi connectivity index (χ1n) is 3.37. The van der Waals surface area contributed by atoms with E-state index in [2.05, 4.69) is 20.8 Å². The van der Waals surface area contributed by atoms with E-state index in [0.717, 1.165) is 19.3 Å². The smallest absolute Gasteiger partial charge is 0.0439 e. The summed E-state index contributed by atoms with van der Waals surface area (Å²) in [6, 6.07) is 0. The van der Waals surface area contributed by atoms with E-state index in [1.165, 1.54) is 0 Å². The van der Waals surface area contributed by atoms with E-state index in [4.69, 9.17) is 11.6 Å². The van der Waals surface area contributed by atoms with Crippen molar-refractivity contribution in [2.75, 3.05) is 0 Å². The molecule has 0 bridgehead atoms. The molecule has 0 aliphatic carbocycles. The van der Waals surface area contributed by atoms with Crippen molar-refractivity contribution < 1.29 is 0 Å². The summed E-state index contributed by atoms with van der Waals surface area (Å²) < 4.78 is 0. The Labute approximate surface area is 57.2 Å². The van der Waals surface area contributed by atoms with Crippen molar-refractivity contribution in [2.45, 2.75) is 44.9 Å². The number of alkyl halides is 1. The van der Waals surface area contributed by atoms with Gasteiger partial charge in [-0.3, -0.25) is 0 Å². The molecule has 0 unspecified atom stereocenters. The molecule has 0 heterocycles. The van der Waals surface area contributed by atoms with Crippen molar-refractivity contribution in [3.8, 4) is 0 Å². The summed E-state index contributed by atoms with van der Waals surface area (Å²) in [5.41, 5.74) is 0. The molecule has 8 heavy (non-hydrogen) atoms. The van der Waals surface area contributed by atoms with Gasteiger partial charge < -0.3 is 0 Å². The summed E-state index contributed by atoms with van der Waals surface area (Å²) in [5, 5.41) is 0. The minimum absolute atomic E-state index is 0.0972. The van der Waals surface area contributed by atoms with Gasteiger partial charge in [0.25, 0.3) is 0 Å². The van der Waals surface area contributed by atoms with Crippen LogP contribution in [0, 0.1) is 0 Å². The van der Waals surface area contributed by atoms with Gasteiger partial charge in [0.05, 0.1) is 0 Å². The van der Waals surface area contributed by atoms with Gasteiger partial charge in [0, 0.05) is 4.87 Å². The van der Waals surface area contributed by atoms with Crippen LogP contribution in [0.5, 0.6) is 0 Å². The van der Waals surface area contributed by atoms with Gasteiger partial charge >= 0.3 is 0 Å². The van der Waals surface area contributed by atoms with Gasteiger partial charge in [-0.05, 0) is 19.3 Å². The van der Waals surface area contributed by atoms with Crippen LogP contribution >= 0.6 is 11.6 Å². The molecule has 0 aromatic rings. The molecule has 0 atom stereocenters. The second kappa shape index (κ2) is 3.34. The van der Waals surface area contributed by atoms with Crippen molar-refractivity contribution in [1.29, 1.82) is 0 Å². The fourth-order valence-electron chi connectivity index (χ4n) is 0.750. The molecule has 0 rings (SSSR count). The molecule has 0 N–H and O–H groups in total. The number of hydrogen-bond donors (Lipinski definition) is 0. The van der Waals surface area contributed by atoms with E-state index >= 15 is 0 Å². The third-order valence-corrected chi connectivity index (χ3v) is 2.70. The zero-order valence-electron chi connectivity index (χ0n) is 6.00.